The minimum Gasteiger partial charge on any atom is -0.497 e. The minimum atomic E-state index is -0.510. The lowest BCUT2D eigenvalue weighted by Gasteiger charge is -2.16. The summed E-state index contributed by atoms with van der Waals surface area (Å²) in [6.45, 7) is 0. The van der Waals surface area contributed by atoms with Crippen LogP contribution in [0.1, 0.15) is 21.2 Å². The van der Waals surface area contributed by atoms with Gasteiger partial charge in [0.25, 0.3) is 5.91 Å². The van der Waals surface area contributed by atoms with Crippen LogP contribution < -0.4 is 15.4 Å². The van der Waals surface area contributed by atoms with Gasteiger partial charge in [0, 0.05) is 21.2 Å². The third-order valence-electron chi connectivity index (χ3n) is 5.62. The van der Waals surface area contributed by atoms with Crippen LogP contribution in [0, 0.1) is 0 Å². The number of hydrogen-bond donors (Lipinski definition) is 2. The molecule has 5 rings (SSSR count). The topological polar surface area (TPSA) is 80.3 Å². The predicted octanol–water partition coefficient (Wildman–Crippen LogP) is 7.68. The zero-order valence-electron chi connectivity index (χ0n) is 20.2. The third-order valence-corrected chi connectivity index (χ3v) is 8.05. The quantitative estimate of drug-likeness (QED) is 0.191. The molecule has 2 amide bonds. The molecule has 6 nitrogen and oxygen atoms in total. The Kier molecular flexibility index (Phi) is 7.93. The van der Waals surface area contributed by atoms with Crippen molar-refractivity contribution in [1.82, 2.24) is 4.98 Å². The number of halogens is 1. The van der Waals surface area contributed by atoms with E-state index < -0.39 is 5.25 Å². The number of nitrogens with zero attached hydrogens (tertiary/aromatic N) is 1. The first-order chi connectivity index (χ1) is 18.5. The second-order valence-corrected chi connectivity index (χ2v) is 10.9. The Balaban J connectivity index is 1.32. The van der Waals surface area contributed by atoms with E-state index in [1.807, 2.05) is 72.8 Å². The molecular formula is C29H22ClN3O3S2. The maximum atomic E-state index is 13.5. The first-order valence-corrected chi connectivity index (χ1v) is 13.7. The van der Waals surface area contributed by atoms with Gasteiger partial charge in [0.1, 0.15) is 11.0 Å². The molecule has 0 spiro atoms. The molecule has 1 unspecified atom stereocenters. The van der Waals surface area contributed by atoms with Crippen molar-refractivity contribution < 1.29 is 14.3 Å². The number of ether oxygens (including phenoxy) is 1. The van der Waals surface area contributed by atoms with Gasteiger partial charge in [-0.3, -0.25) is 9.59 Å². The van der Waals surface area contributed by atoms with Gasteiger partial charge in [-0.05, 0) is 66.2 Å². The number of rotatable bonds is 8. The Morgan fingerprint density at radius 1 is 0.921 bits per heavy atom. The number of benzene rings is 4. The highest BCUT2D eigenvalue weighted by atomic mass is 35.5. The lowest BCUT2D eigenvalue weighted by Crippen LogP contribution is -2.18. The zero-order valence-corrected chi connectivity index (χ0v) is 22.6. The molecule has 2 N–H and O–H groups in total. The van der Waals surface area contributed by atoms with Crippen molar-refractivity contribution in [2.75, 3.05) is 17.7 Å². The molecule has 0 aliphatic rings. The van der Waals surface area contributed by atoms with Crippen LogP contribution >= 0.6 is 34.7 Å². The Labute approximate surface area is 233 Å². The smallest absolute Gasteiger partial charge is 0.255 e. The summed E-state index contributed by atoms with van der Waals surface area (Å²) < 4.78 is 6.22. The summed E-state index contributed by atoms with van der Waals surface area (Å²) in [5.74, 6) is 0.317. The van der Waals surface area contributed by atoms with Crippen molar-refractivity contribution in [2.45, 2.75) is 10.1 Å². The number of thioether (sulfide) groups is 1. The van der Waals surface area contributed by atoms with E-state index in [0.29, 0.717) is 21.4 Å². The first kappa shape index (κ1) is 25.8. The Morgan fingerprint density at radius 3 is 2.45 bits per heavy atom. The van der Waals surface area contributed by atoms with Gasteiger partial charge < -0.3 is 15.4 Å². The standard InChI is InChI=1S/C29H22ClN3O3S2/c1-36-22-12-15-24-25(17-22)38-29(32-24)33-28(35)26(18-6-3-2-4-7-18)37-23-13-10-21(11-14-23)31-27(34)19-8-5-9-20(30)16-19/h2-17,26H,1H3,(H,31,34)(H,32,33,35). The summed E-state index contributed by atoms with van der Waals surface area (Å²) in [5.41, 5.74) is 2.79. The maximum absolute atomic E-state index is 13.5. The summed E-state index contributed by atoms with van der Waals surface area (Å²) in [7, 11) is 1.62. The van der Waals surface area contributed by atoms with Gasteiger partial charge >= 0.3 is 0 Å². The maximum Gasteiger partial charge on any atom is 0.255 e. The fourth-order valence-corrected chi connectivity index (χ4v) is 5.86. The largest absolute Gasteiger partial charge is 0.497 e. The van der Waals surface area contributed by atoms with Crippen LogP contribution in [0.25, 0.3) is 10.2 Å². The molecule has 0 bridgehead atoms. The van der Waals surface area contributed by atoms with Gasteiger partial charge in [-0.15, -0.1) is 11.8 Å². The normalized spacial score (nSPS) is 11.6. The summed E-state index contributed by atoms with van der Waals surface area (Å²) >= 11 is 8.82. The van der Waals surface area contributed by atoms with Crippen LogP contribution in [-0.4, -0.2) is 23.9 Å². The molecule has 4 aromatic carbocycles. The van der Waals surface area contributed by atoms with Crippen molar-refractivity contribution in [3.05, 3.63) is 113 Å². The van der Waals surface area contributed by atoms with E-state index in [1.54, 1.807) is 31.4 Å². The number of methoxy groups -OCH3 is 1. The molecule has 1 heterocycles. The van der Waals surface area contributed by atoms with Gasteiger partial charge in [0.15, 0.2) is 5.13 Å². The van der Waals surface area contributed by atoms with Gasteiger partial charge in [0.05, 0.1) is 17.3 Å². The molecule has 190 valence electrons. The molecule has 0 saturated carbocycles. The molecule has 38 heavy (non-hydrogen) atoms. The summed E-state index contributed by atoms with van der Waals surface area (Å²) in [6, 6.07) is 29.4. The molecule has 0 aliphatic heterocycles. The van der Waals surface area contributed by atoms with Crippen LogP contribution in [0.15, 0.2) is 102 Å². The SMILES string of the molecule is COc1ccc2nc(NC(=O)C(Sc3ccc(NC(=O)c4cccc(Cl)c4)cc3)c3ccccc3)sc2c1. The second kappa shape index (κ2) is 11.7. The molecule has 9 heteroatoms. The highest BCUT2D eigenvalue weighted by molar-refractivity contribution is 8.00. The fraction of sp³-hybridized carbons (Fsp3) is 0.0690. The van der Waals surface area contributed by atoms with Crippen LogP contribution in [-0.2, 0) is 4.79 Å². The van der Waals surface area contributed by atoms with E-state index in [1.165, 1.54) is 23.1 Å². The van der Waals surface area contributed by atoms with Crippen molar-refractivity contribution in [1.29, 1.82) is 0 Å². The van der Waals surface area contributed by atoms with E-state index >= 15 is 0 Å². The number of fused-ring (bicyclic) bond motifs is 1. The van der Waals surface area contributed by atoms with Gasteiger partial charge in [-0.2, -0.15) is 0 Å². The number of thiazole rings is 1. The third kappa shape index (κ3) is 6.16. The van der Waals surface area contributed by atoms with E-state index in [9.17, 15) is 9.59 Å². The van der Waals surface area contributed by atoms with Crippen LogP contribution in [0.4, 0.5) is 10.8 Å². The molecule has 1 aromatic heterocycles. The lowest BCUT2D eigenvalue weighted by molar-refractivity contribution is -0.115. The number of anilines is 2. The lowest BCUT2D eigenvalue weighted by atomic mass is 10.1. The van der Waals surface area contributed by atoms with Crippen molar-refractivity contribution in [2.24, 2.45) is 0 Å². The summed E-state index contributed by atoms with van der Waals surface area (Å²) in [4.78, 5) is 31.4. The van der Waals surface area contributed by atoms with E-state index in [0.717, 1.165) is 26.4 Å². The molecule has 5 aromatic rings. The number of aromatic nitrogens is 1. The van der Waals surface area contributed by atoms with Crippen LogP contribution in [0.3, 0.4) is 0 Å². The Hall–Kier alpha value is -3.85. The molecule has 0 aliphatic carbocycles. The monoisotopic (exact) mass is 559 g/mol. The highest BCUT2D eigenvalue weighted by Gasteiger charge is 2.23. The number of hydrogen-bond acceptors (Lipinski definition) is 6. The zero-order chi connectivity index (χ0) is 26.5. The highest BCUT2D eigenvalue weighted by Crippen LogP contribution is 2.38. The van der Waals surface area contributed by atoms with Gasteiger partial charge in [-0.1, -0.05) is 59.3 Å². The molecule has 0 fully saturated rings. The Morgan fingerprint density at radius 2 is 1.71 bits per heavy atom. The predicted molar refractivity (Wildman–Crippen MR) is 156 cm³/mol. The number of amides is 2. The van der Waals surface area contributed by atoms with Gasteiger partial charge in [0.2, 0.25) is 5.91 Å². The molecular weight excluding hydrogens is 538 g/mol. The second-order valence-electron chi connectivity index (χ2n) is 8.24. The Bertz CT molecular complexity index is 1590. The minimum absolute atomic E-state index is 0.175. The van der Waals surface area contributed by atoms with E-state index in [2.05, 4.69) is 15.6 Å². The van der Waals surface area contributed by atoms with Crippen molar-refractivity contribution >= 4 is 67.5 Å². The average Bonchev–Trinajstić information content (AvgIpc) is 3.34. The van der Waals surface area contributed by atoms with Crippen molar-refractivity contribution in [3.63, 3.8) is 0 Å². The number of carbonyl (C=O) groups is 2. The molecule has 1 atom stereocenters. The summed E-state index contributed by atoms with van der Waals surface area (Å²) in [6.07, 6.45) is 0. The van der Waals surface area contributed by atoms with Crippen LogP contribution in [0.5, 0.6) is 5.75 Å². The number of nitrogens with one attached hydrogen (secondary N) is 2. The van der Waals surface area contributed by atoms with Crippen molar-refractivity contribution in [3.8, 4) is 5.75 Å². The average molecular weight is 560 g/mol. The van der Waals surface area contributed by atoms with E-state index in [-0.39, 0.29) is 11.8 Å². The molecule has 0 saturated heterocycles. The number of carbonyl (C=O) groups excluding carboxylic acids is 2. The van der Waals surface area contributed by atoms with Crippen LogP contribution in [0.2, 0.25) is 5.02 Å². The molecule has 0 radical (unpaired) electrons. The fourth-order valence-electron chi connectivity index (χ4n) is 3.74. The van der Waals surface area contributed by atoms with E-state index in [4.69, 9.17) is 16.3 Å². The summed E-state index contributed by atoms with van der Waals surface area (Å²) in [5, 5.41) is 6.38. The first-order valence-electron chi connectivity index (χ1n) is 11.6. The van der Waals surface area contributed by atoms with Gasteiger partial charge in [-0.25, -0.2) is 4.98 Å².